The Morgan fingerprint density at radius 2 is 1.52 bits per heavy atom. The van der Waals surface area contributed by atoms with Crippen LogP contribution in [0.2, 0.25) is 0 Å². The van der Waals surface area contributed by atoms with E-state index >= 15 is 0 Å². The molecule has 0 spiro atoms. The van der Waals surface area contributed by atoms with E-state index in [-0.39, 0.29) is 24.2 Å². The van der Waals surface area contributed by atoms with E-state index in [2.05, 4.69) is 10.6 Å². The highest BCUT2D eigenvalue weighted by Crippen LogP contribution is 2.09. The Labute approximate surface area is 126 Å². The Bertz CT molecular complexity index is 322. The summed E-state index contributed by atoms with van der Waals surface area (Å²) in [7, 11) is 0. The van der Waals surface area contributed by atoms with Gasteiger partial charge in [0, 0.05) is 0 Å². The van der Waals surface area contributed by atoms with Crippen LogP contribution < -0.4 is 10.6 Å². The Balaban J connectivity index is 0.000000219. The van der Waals surface area contributed by atoms with Crippen molar-refractivity contribution in [1.82, 2.24) is 10.6 Å². The van der Waals surface area contributed by atoms with E-state index in [0.717, 1.165) is 45.2 Å². The van der Waals surface area contributed by atoms with Gasteiger partial charge in [-0.3, -0.25) is 9.59 Å². The lowest BCUT2D eigenvalue weighted by Gasteiger charge is -2.22. The molecule has 0 bridgehead atoms. The van der Waals surface area contributed by atoms with Gasteiger partial charge < -0.3 is 20.5 Å². The molecule has 2 saturated heterocycles. The standard InChI is InChI=1S/C9H17NO2.C6H11NO2/c1-7(2)12-9(11)8-5-3-4-6-10-8;8-6(9)5-3-1-2-4-7-5/h7-8,10H,3-6H2,1-2H3;5,7H,1-4H2,(H,8,9)/t;5-/m.1/s1. The van der Waals surface area contributed by atoms with Crippen molar-refractivity contribution in [2.24, 2.45) is 0 Å². The first kappa shape index (κ1) is 17.9. The molecule has 1 unspecified atom stereocenters. The number of piperidine rings is 2. The number of hydrogen-bond acceptors (Lipinski definition) is 5. The van der Waals surface area contributed by atoms with Gasteiger partial charge in [0.1, 0.15) is 12.1 Å². The average Bonchev–Trinajstić information content (AvgIpc) is 2.49. The first-order valence-electron chi connectivity index (χ1n) is 7.90. The van der Waals surface area contributed by atoms with Gasteiger partial charge in [-0.15, -0.1) is 0 Å². The Kier molecular flexibility index (Phi) is 8.30. The minimum atomic E-state index is -0.713. The molecule has 0 saturated carbocycles. The van der Waals surface area contributed by atoms with Crippen LogP contribution in [0.3, 0.4) is 0 Å². The summed E-state index contributed by atoms with van der Waals surface area (Å²) in [6.45, 7) is 5.55. The maximum atomic E-state index is 11.3. The molecule has 2 heterocycles. The third kappa shape index (κ3) is 7.43. The zero-order chi connectivity index (χ0) is 15.7. The number of carbonyl (C=O) groups excluding carboxylic acids is 1. The number of esters is 1. The summed E-state index contributed by atoms with van der Waals surface area (Å²) in [5.41, 5.74) is 0. The lowest BCUT2D eigenvalue weighted by atomic mass is 10.1. The van der Waals surface area contributed by atoms with Crippen LogP contribution in [0.15, 0.2) is 0 Å². The number of carboxylic acids is 1. The summed E-state index contributed by atoms with van der Waals surface area (Å²) in [6, 6.07) is -0.333. The van der Waals surface area contributed by atoms with Gasteiger partial charge in [0.15, 0.2) is 0 Å². The van der Waals surface area contributed by atoms with Crippen LogP contribution in [0.5, 0.6) is 0 Å². The number of carbonyl (C=O) groups is 2. The number of ether oxygens (including phenoxy) is 1. The minimum Gasteiger partial charge on any atom is -0.480 e. The van der Waals surface area contributed by atoms with Gasteiger partial charge in [-0.25, -0.2) is 0 Å². The summed E-state index contributed by atoms with van der Waals surface area (Å²) in [4.78, 5) is 21.6. The summed E-state index contributed by atoms with van der Waals surface area (Å²) >= 11 is 0. The van der Waals surface area contributed by atoms with Gasteiger partial charge >= 0.3 is 11.9 Å². The van der Waals surface area contributed by atoms with Crippen LogP contribution in [-0.4, -0.2) is 48.3 Å². The third-order valence-corrected chi connectivity index (χ3v) is 3.56. The molecule has 0 radical (unpaired) electrons. The van der Waals surface area contributed by atoms with Crippen LogP contribution in [0, 0.1) is 0 Å². The molecular weight excluding hydrogens is 272 g/mol. The second kappa shape index (κ2) is 9.73. The SMILES string of the molecule is CC(C)OC(=O)C1CCCCN1.O=C(O)[C@H]1CCCCN1. The summed E-state index contributed by atoms with van der Waals surface area (Å²) in [5.74, 6) is -0.806. The number of hydrogen-bond donors (Lipinski definition) is 3. The fourth-order valence-electron chi connectivity index (χ4n) is 2.43. The van der Waals surface area contributed by atoms with Crippen molar-refractivity contribution >= 4 is 11.9 Å². The maximum absolute atomic E-state index is 11.3. The van der Waals surface area contributed by atoms with Crippen molar-refractivity contribution in [1.29, 1.82) is 0 Å². The molecule has 0 aromatic heterocycles. The molecule has 2 aliphatic heterocycles. The molecule has 2 fully saturated rings. The molecule has 6 heteroatoms. The summed E-state index contributed by atoms with van der Waals surface area (Å²) in [6.07, 6.45) is 6.17. The van der Waals surface area contributed by atoms with Gasteiger partial charge in [0.25, 0.3) is 0 Å². The fraction of sp³-hybridized carbons (Fsp3) is 0.867. The topological polar surface area (TPSA) is 87.7 Å². The van der Waals surface area contributed by atoms with Crippen LogP contribution in [0.4, 0.5) is 0 Å². The number of rotatable bonds is 3. The van der Waals surface area contributed by atoms with Gasteiger partial charge in [-0.05, 0) is 52.6 Å². The molecule has 6 nitrogen and oxygen atoms in total. The van der Waals surface area contributed by atoms with E-state index in [1.54, 1.807) is 0 Å². The Morgan fingerprint density at radius 1 is 1.00 bits per heavy atom. The van der Waals surface area contributed by atoms with Crippen molar-refractivity contribution < 1.29 is 19.4 Å². The molecule has 122 valence electrons. The lowest BCUT2D eigenvalue weighted by molar-refractivity contribution is -0.150. The number of carboxylic acid groups (broad SMARTS) is 1. The largest absolute Gasteiger partial charge is 0.480 e. The van der Waals surface area contributed by atoms with Crippen LogP contribution in [0.25, 0.3) is 0 Å². The van der Waals surface area contributed by atoms with Crippen LogP contribution in [-0.2, 0) is 14.3 Å². The third-order valence-electron chi connectivity index (χ3n) is 3.56. The molecule has 2 aliphatic rings. The lowest BCUT2D eigenvalue weighted by Crippen LogP contribution is -2.42. The maximum Gasteiger partial charge on any atom is 0.323 e. The molecule has 3 N–H and O–H groups in total. The smallest absolute Gasteiger partial charge is 0.323 e. The zero-order valence-corrected chi connectivity index (χ0v) is 13.1. The van der Waals surface area contributed by atoms with Gasteiger partial charge in [0.05, 0.1) is 6.10 Å². The first-order chi connectivity index (χ1) is 10.0. The fourth-order valence-corrected chi connectivity index (χ4v) is 2.43. The van der Waals surface area contributed by atoms with E-state index in [4.69, 9.17) is 9.84 Å². The molecule has 0 aliphatic carbocycles. The van der Waals surface area contributed by atoms with Gasteiger partial charge in [-0.1, -0.05) is 12.8 Å². The highest BCUT2D eigenvalue weighted by Gasteiger charge is 2.22. The van der Waals surface area contributed by atoms with Crippen LogP contribution >= 0.6 is 0 Å². The quantitative estimate of drug-likeness (QED) is 0.681. The summed E-state index contributed by atoms with van der Waals surface area (Å²) in [5, 5.41) is 14.5. The Morgan fingerprint density at radius 3 is 1.86 bits per heavy atom. The predicted molar refractivity (Wildman–Crippen MR) is 80.1 cm³/mol. The van der Waals surface area contributed by atoms with Gasteiger partial charge in [-0.2, -0.15) is 0 Å². The highest BCUT2D eigenvalue weighted by atomic mass is 16.5. The predicted octanol–water partition coefficient (Wildman–Crippen LogP) is 1.29. The minimum absolute atomic E-state index is 0.00114. The van der Waals surface area contributed by atoms with E-state index in [1.807, 2.05) is 13.8 Å². The van der Waals surface area contributed by atoms with E-state index < -0.39 is 5.97 Å². The summed E-state index contributed by atoms with van der Waals surface area (Å²) < 4.78 is 5.09. The van der Waals surface area contributed by atoms with E-state index in [1.165, 1.54) is 6.42 Å². The Hall–Kier alpha value is -1.14. The monoisotopic (exact) mass is 300 g/mol. The van der Waals surface area contributed by atoms with Gasteiger partial charge in [0.2, 0.25) is 0 Å². The number of aliphatic carboxylic acids is 1. The molecule has 0 aromatic rings. The molecule has 21 heavy (non-hydrogen) atoms. The molecular formula is C15H28N2O4. The average molecular weight is 300 g/mol. The first-order valence-corrected chi connectivity index (χ1v) is 7.90. The van der Waals surface area contributed by atoms with Crippen molar-refractivity contribution in [3.8, 4) is 0 Å². The van der Waals surface area contributed by atoms with Crippen molar-refractivity contribution in [2.75, 3.05) is 13.1 Å². The molecule has 0 aromatic carbocycles. The molecule has 0 amide bonds. The van der Waals surface area contributed by atoms with Crippen LogP contribution in [0.1, 0.15) is 52.4 Å². The second-order valence-corrected chi connectivity index (χ2v) is 5.83. The van der Waals surface area contributed by atoms with E-state index in [9.17, 15) is 9.59 Å². The van der Waals surface area contributed by atoms with Crippen molar-refractivity contribution in [3.05, 3.63) is 0 Å². The molecule has 2 atom stereocenters. The normalized spacial score (nSPS) is 25.7. The van der Waals surface area contributed by atoms with E-state index in [0.29, 0.717) is 0 Å². The van der Waals surface area contributed by atoms with Crippen molar-refractivity contribution in [2.45, 2.75) is 70.6 Å². The molecule has 2 rings (SSSR count). The number of nitrogens with one attached hydrogen (secondary N) is 2. The van der Waals surface area contributed by atoms with Crippen molar-refractivity contribution in [3.63, 3.8) is 0 Å². The second-order valence-electron chi connectivity index (χ2n) is 5.83. The zero-order valence-electron chi connectivity index (χ0n) is 13.1. The highest BCUT2D eigenvalue weighted by molar-refractivity contribution is 5.76.